The predicted molar refractivity (Wildman–Crippen MR) is 62.1 cm³/mol. The molecule has 17 heavy (non-hydrogen) atoms. The van der Waals surface area contributed by atoms with Crippen molar-refractivity contribution in [1.82, 2.24) is 0 Å². The Kier molecular flexibility index (Phi) is 8.46. The highest BCUT2D eigenvalue weighted by atomic mass is 16.6. The third-order valence-corrected chi connectivity index (χ3v) is 1.69. The lowest BCUT2D eigenvalue weighted by Gasteiger charge is -2.05. The van der Waals surface area contributed by atoms with Gasteiger partial charge >= 0.3 is 11.9 Å². The van der Waals surface area contributed by atoms with Crippen LogP contribution in [0.4, 0.5) is 0 Å². The lowest BCUT2D eigenvalue weighted by Crippen LogP contribution is -2.11. The highest BCUT2D eigenvalue weighted by Crippen LogP contribution is 1.97. The summed E-state index contributed by atoms with van der Waals surface area (Å²) in [6, 6.07) is 0. The molecule has 0 amide bonds. The summed E-state index contributed by atoms with van der Waals surface area (Å²) in [5.74, 6) is -0.790. The molecule has 0 heterocycles. The molecule has 0 spiro atoms. The van der Waals surface area contributed by atoms with Crippen LogP contribution in [0.1, 0.15) is 19.8 Å². The summed E-state index contributed by atoms with van der Waals surface area (Å²) in [5, 5.41) is 0. The first-order chi connectivity index (χ1) is 8.07. The molecular weight excluding hydrogens is 224 g/mol. The average Bonchev–Trinajstić information content (AvgIpc) is 2.29. The zero-order chi connectivity index (χ0) is 13.1. The van der Waals surface area contributed by atoms with E-state index in [2.05, 4.69) is 13.2 Å². The number of hydrogen-bond donors (Lipinski definition) is 0. The second-order valence-corrected chi connectivity index (χ2v) is 3.28. The Balaban J connectivity index is 3.42. The highest BCUT2D eigenvalue weighted by Gasteiger charge is 2.05. The highest BCUT2D eigenvalue weighted by molar-refractivity contribution is 5.86. The molecule has 0 aromatic carbocycles. The van der Waals surface area contributed by atoms with Crippen molar-refractivity contribution in [2.24, 2.45) is 0 Å². The minimum absolute atomic E-state index is 0.184. The summed E-state index contributed by atoms with van der Waals surface area (Å²) >= 11 is 0. The van der Waals surface area contributed by atoms with Crippen molar-refractivity contribution in [3.05, 3.63) is 25.0 Å². The minimum Gasteiger partial charge on any atom is -0.498 e. The molecule has 0 bridgehead atoms. The summed E-state index contributed by atoms with van der Waals surface area (Å²) in [4.78, 5) is 22.1. The van der Waals surface area contributed by atoms with Crippen molar-refractivity contribution in [3.8, 4) is 0 Å². The van der Waals surface area contributed by atoms with E-state index in [1.807, 2.05) is 0 Å². The molecule has 0 saturated heterocycles. The maximum atomic E-state index is 11.1. The van der Waals surface area contributed by atoms with Crippen LogP contribution in [0.15, 0.2) is 25.0 Å². The standard InChI is InChI=1S/C12H18O5/c1-4-15-8-9-16-11(13)6-5-7-17-12(14)10(2)3/h4H,1-2,5-9H2,3H3. The molecule has 0 N–H and O–H groups in total. The number of carbonyl (C=O) groups excluding carboxylic acids is 2. The van der Waals surface area contributed by atoms with Crippen LogP contribution in [0.25, 0.3) is 0 Å². The van der Waals surface area contributed by atoms with Crippen LogP contribution in [0.5, 0.6) is 0 Å². The molecule has 0 fully saturated rings. The van der Waals surface area contributed by atoms with E-state index in [-0.39, 0.29) is 25.6 Å². The third-order valence-electron chi connectivity index (χ3n) is 1.69. The lowest BCUT2D eigenvalue weighted by molar-refractivity contribution is -0.146. The van der Waals surface area contributed by atoms with Gasteiger partial charge in [-0.25, -0.2) is 4.79 Å². The van der Waals surface area contributed by atoms with Crippen molar-refractivity contribution in [2.75, 3.05) is 19.8 Å². The molecule has 96 valence electrons. The van der Waals surface area contributed by atoms with Crippen LogP contribution in [-0.2, 0) is 23.8 Å². The van der Waals surface area contributed by atoms with E-state index < -0.39 is 5.97 Å². The minimum atomic E-state index is -0.447. The summed E-state index contributed by atoms with van der Waals surface area (Å²) in [7, 11) is 0. The summed E-state index contributed by atoms with van der Waals surface area (Å²) in [6.07, 6.45) is 1.92. The van der Waals surface area contributed by atoms with Crippen LogP contribution in [0, 0.1) is 0 Å². The van der Waals surface area contributed by atoms with Crippen molar-refractivity contribution < 1.29 is 23.8 Å². The molecule has 0 rings (SSSR count). The smallest absolute Gasteiger partial charge is 0.333 e. The van der Waals surface area contributed by atoms with Crippen LogP contribution >= 0.6 is 0 Å². The van der Waals surface area contributed by atoms with Crippen LogP contribution in [0.3, 0.4) is 0 Å². The molecular formula is C12H18O5. The fraction of sp³-hybridized carbons (Fsp3) is 0.500. The van der Waals surface area contributed by atoms with Crippen molar-refractivity contribution >= 4 is 11.9 Å². The molecule has 0 atom stereocenters. The average molecular weight is 242 g/mol. The Hall–Kier alpha value is -1.78. The molecule has 0 aliphatic rings. The van der Waals surface area contributed by atoms with Crippen LogP contribution in [-0.4, -0.2) is 31.8 Å². The zero-order valence-corrected chi connectivity index (χ0v) is 10.1. The zero-order valence-electron chi connectivity index (χ0n) is 10.1. The first kappa shape index (κ1) is 15.2. The van der Waals surface area contributed by atoms with Crippen LogP contribution < -0.4 is 0 Å². The molecule has 0 unspecified atom stereocenters. The maximum absolute atomic E-state index is 11.1. The van der Waals surface area contributed by atoms with Gasteiger partial charge in [0.1, 0.15) is 13.2 Å². The van der Waals surface area contributed by atoms with Gasteiger partial charge in [-0.1, -0.05) is 13.2 Å². The topological polar surface area (TPSA) is 61.8 Å². The molecule has 0 aromatic heterocycles. The van der Waals surface area contributed by atoms with E-state index in [1.54, 1.807) is 6.92 Å². The third kappa shape index (κ3) is 9.17. The molecule has 0 saturated carbocycles. The Bertz CT molecular complexity index is 283. The first-order valence-corrected chi connectivity index (χ1v) is 5.28. The summed E-state index contributed by atoms with van der Waals surface area (Å²) < 4.78 is 14.4. The van der Waals surface area contributed by atoms with Gasteiger partial charge < -0.3 is 14.2 Å². The summed E-state index contributed by atoms with van der Waals surface area (Å²) in [6.45, 7) is 9.02. The van der Waals surface area contributed by atoms with Crippen molar-refractivity contribution in [3.63, 3.8) is 0 Å². The van der Waals surface area contributed by atoms with E-state index >= 15 is 0 Å². The first-order valence-electron chi connectivity index (χ1n) is 5.28. The monoisotopic (exact) mass is 242 g/mol. The number of carbonyl (C=O) groups is 2. The predicted octanol–water partition coefficient (Wildman–Crippen LogP) is 1.59. The van der Waals surface area contributed by atoms with E-state index in [1.165, 1.54) is 6.26 Å². The quantitative estimate of drug-likeness (QED) is 0.266. The maximum Gasteiger partial charge on any atom is 0.333 e. The van der Waals surface area contributed by atoms with Gasteiger partial charge in [0, 0.05) is 12.0 Å². The van der Waals surface area contributed by atoms with Crippen molar-refractivity contribution in [2.45, 2.75) is 19.8 Å². The van der Waals surface area contributed by atoms with E-state index in [4.69, 9.17) is 14.2 Å². The van der Waals surface area contributed by atoms with Gasteiger partial charge in [0.05, 0.1) is 12.9 Å². The van der Waals surface area contributed by atoms with Gasteiger partial charge in [0.15, 0.2) is 0 Å². The van der Waals surface area contributed by atoms with Gasteiger partial charge in [0.2, 0.25) is 0 Å². The number of ether oxygens (including phenoxy) is 3. The normalized spacial score (nSPS) is 9.24. The van der Waals surface area contributed by atoms with Gasteiger partial charge in [-0.3, -0.25) is 4.79 Å². The van der Waals surface area contributed by atoms with E-state index in [0.29, 0.717) is 18.6 Å². The Morgan fingerprint density at radius 2 is 1.88 bits per heavy atom. The number of esters is 2. The molecule has 0 aliphatic carbocycles. The Labute approximate surface area is 101 Å². The lowest BCUT2D eigenvalue weighted by atomic mass is 10.3. The molecule has 0 radical (unpaired) electrons. The van der Waals surface area contributed by atoms with Gasteiger partial charge in [-0.15, -0.1) is 0 Å². The Morgan fingerprint density at radius 1 is 1.18 bits per heavy atom. The van der Waals surface area contributed by atoms with Gasteiger partial charge in [-0.05, 0) is 13.3 Å². The Morgan fingerprint density at radius 3 is 2.47 bits per heavy atom. The SMILES string of the molecule is C=COCCOC(=O)CCCOC(=O)C(=C)C. The van der Waals surface area contributed by atoms with E-state index in [0.717, 1.165) is 0 Å². The second-order valence-electron chi connectivity index (χ2n) is 3.28. The van der Waals surface area contributed by atoms with E-state index in [9.17, 15) is 9.59 Å². The number of rotatable bonds is 9. The molecule has 5 heteroatoms. The van der Waals surface area contributed by atoms with Gasteiger partial charge in [-0.2, -0.15) is 0 Å². The summed E-state index contributed by atoms with van der Waals surface area (Å²) in [5.41, 5.74) is 0.342. The fourth-order valence-corrected chi connectivity index (χ4v) is 0.864. The molecule has 0 aliphatic heterocycles. The largest absolute Gasteiger partial charge is 0.498 e. The second kappa shape index (κ2) is 9.45. The molecule has 5 nitrogen and oxygen atoms in total. The van der Waals surface area contributed by atoms with Crippen molar-refractivity contribution in [1.29, 1.82) is 0 Å². The molecule has 0 aromatic rings. The van der Waals surface area contributed by atoms with Gasteiger partial charge in [0.25, 0.3) is 0 Å². The number of hydrogen-bond acceptors (Lipinski definition) is 5. The van der Waals surface area contributed by atoms with Crippen LogP contribution in [0.2, 0.25) is 0 Å². The fourth-order valence-electron chi connectivity index (χ4n) is 0.864.